The highest BCUT2D eigenvalue weighted by Crippen LogP contribution is 1.95. The lowest BCUT2D eigenvalue weighted by molar-refractivity contribution is 0.0935. The van der Waals surface area contributed by atoms with Crippen molar-refractivity contribution in [1.29, 1.82) is 0 Å². The fourth-order valence-electron chi connectivity index (χ4n) is 1.22. The third-order valence-electron chi connectivity index (χ3n) is 2.03. The van der Waals surface area contributed by atoms with Crippen LogP contribution in [0.25, 0.3) is 0 Å². The number of carbonyl (C=O) groups excluding carboxylic acids is 1. The summed E-state index contributed by atoms with van der Waals surface area (Å²) in [6.07, 6.45) is 2.42. The Morgan fingerprint density at radius 2 is 2.44 bits per heavy atom. The standard InChI is InChI=1S/C10H16BrN3O2/c1-14-9(3-6-13-14)10(15)12-5-2-7-16-8-4-11/h3,6H,2,4-5,7-8H2,1H3,(H,12,15). The maximum Gasteiger partial charge on any atom is 0.269 e. The van der Waals surface area contributed by atoms with Gasteiger partial charge in [0.15, 0.2) is 0 Å². The number of aryl methyl sites for hydroxylation is 1. The summed E-state index contributed by atoms with van der Waals surface area (Å²) in [6, 6.07) is 1.69. The van der Waals surface area contributed by atoms with Crippen LogP contribution in [0, 0.1) is 0 Å². The quantitative estimate of drug-likeness (QED) is 0.601. The molecule has 90 valence electrons. The highest BCUT2D eigenvalue weighted by molar-refractivity contribution is 9.09. The van der Waals surface area contributed by atoms with Crippen LogP contribution in [0.2, 0.25) is 0 Å². The van der Waals surface area contributed by atoms with Crippen LogP contribution in [0.1, 0.15) is 16.9 Å². The van der Waals surface area contributed by atoms with E-state index in [1.807, 2.05) is 0 Å². The monoisotopic (exact) mass is 289 g/mol. The maximum atomic E-state index is 11.6. The predicted molar refractivity (Wildman–Crippen MR) is 64.8 cm³/mol. The van der Waals surface area contributed by atoms with Crippen molar-refractivity contribution < 1.29 is 9.53 Å². The van der Waals surface area contributed by atoms with E-state index in [1.54, 1.807) is 24.0 Å². The lowest BCUT2D eigenvalue weighted by atomic mass is 10.3. The molecule has 1 rings (SSSR count). The van der Waals surface area contributed by atoms with Gasteiger partial charge in [0, 0.05) is 31.7 Å². The molecule has 0 aliphatic rings. The minimum absolute atomic E-state index is 0.0968. The van der Waals surface area contributed by atoms with Gasteiger partial charge in [-0.25, -0.2) is 0 Å². The van der Waals surface area contributed by atoms with E-state index in [4.69, 9.17) is 4.74 Å². The summed E-state index contributed by atoms with van der Waals surface area (Å²) in [4.78, 5) is 11.6. The Bertz CT molecular complexity index is 328. The van der Waals surface area contributed by atoms with Crippen molar-refractivity contribution in [2.75, 3.05) is 25.1 Å². The number of aromatic nitrogens is 2. The smallest absolute Gasteiger partial charge is 0.269 e. The number of hydrogen-bond acceptors (Lipinski definition) is 3. The molecular weight excluding hydrogens is 274 g/mol. The topological polar surface area (TPSA) is 56.2 Å². The fourth-order valence-corrected chi connectivity index (χ4v) is 1.45. The van der Waals surface area contributed by atoms with Crippen LogP contribution in [0.4, 0.5) is 0 Å². The van der Waals surface area contributed by atoms with Crippen molar-refractivity contribution in [2.45, 2.75) is 6.42 Å². The molecule has 1 aromatic heterocycles. The van der Waals surface area contributed by atoms with Gasteiger partial charge in [0.2, 0.25) is 0 Å². The first kappa shape index (κ1) is 13.2. The van der Waals surface area contributed by atoms with Gasteiger partial charge in [-0.15, -0.1) is 0 Å². The summed E-state index contributed by atoms with van der Waals surface area (Å²) < 4.78 is 6.82. The number of nitrogens with one attached hydrogen (secondary N) is 1. The van der Waals surface area contributed by atoms with E-state index < -0.39 is 0 Å². The van der Waals surface area contributed by atoms with Crippen LogP contribution in [0.5, 0.6) is 0 Å². The van der Waals surface area contributed by atoms with Crippen molar-refractivity contribution in [2.24, 2.45) is 7.05 Å². The molecule has 0 fully saturated rings. The Morgan fingerprint density at radius 3 is 3.06 bits per heavy atom. The third kappa shape index (κ3) is 4.32. The van der Waals surface area contributed by atoms with E-state index in [0.29, 0.717) is 25.5 Å². The summed E-state index contributed by atoms with van der Waals surface area (Å²) in [5, 5.41) is 7.59. The second-order valence-electron chi connectivity index (χ2n) is 3.25. The Morgan fingerprint density at radius 1 is 1.62 bits per heavy atom. The zero-order valence-electron chi connectivity index (χ0n) is 9.28. The van der Waals surface area contributed by atoms with Gasteiger partial charge >= 0.3 is 0 Å². The van der Waals surface area contributed by atoms with E-state index in [9.17, 15) is 4.79 Å². The van der Waals surface area contributed by atoms with Gasteiger partial charge < -0.3 is 10.1 Å². The molecule has 0 spiro atoms. The van der Waals surface area contributed by atoms with Crippen molar-refractivity contribution in [3.8, 4) is 0 Å². The van der Waals surface area contributed by atoms with Gasteiger partial charge in [0.1, 0.15) is 5.69 Å². The molecule has 0 saturated heterocycles. The molecule has 1 amide bonds. The number of hydrogen-bond donors (Lipinski definition) is 1. The molecule has 0 unspecified atom stereocenters. The van der Waals surface area contributed by atoms with E-state index in [1.165, 1.54) is 0 Å². The van der Waals surface area contributed by atoms with Gasteiger partial charge in [0.25, 0.3) is 5.91 Å². The number of amides is 1. The molecule has 5 nitrogen and oxygen atoms in total. The van der Waals surface area contributed by atoms with Crippen molar-refractivity contribution >= 4 is 21.8 Å². The van der Waals surface area contributed by atoms with Crippen LogP contribution >= 0.6 is 15.9 Å². The minimum atomic E-state index is -0.0968. The number of rotatable bonds is 7. The maximum absolute atomic E-state index is 11.6. The molecule has 0 saturated carbocycles. The number of carbonyl (C=O) groups is 1. The summed E-state index contributed by atoms with van der Waals surface area (Å²) in [6.45, 7) is 1.99. The minimum Gasteiger partial charge on any atom is -0.381 e. The summed E-state index contributed by atoms with van der Waals surface area (Å²) >= 11 is 3.27. The van der Waals surface area contributed by atoms with E-state index in [-0.39, 0.29) is 5.91 Å². The van der Waals surface area contributed by atoms with E-state index >= 15 is 0 Å². The lowest BCUT2D eigenvalue weighted by Gasteiger charge is -2.05. The van der Waals surface area contributed by atoms with Gasteiger partial charge in [-0.3, -0.25) is 9.48 Å². The number of halogens is 1. The van der Waals surface area contributed by atoms with Crippen molar-refractivity contribution in [1.82, 2.24) is 15.1 Å². The first-order valence-electron chi connectivity index (χ1n) is 5.15. The van der Waals surface area contributed by atoms with Gasteiger partial charge in [-0.1, -0.05) is 15.9 Å². The molecule has 1 heterocycles. The Kier molecular flexibility index (Phi) is 6.10. The zero-order chi connectivity index (χ0) is 11.8. The van der Waals surface area contributed by atoms with Gasteiger partial charge in [-0.05, 0) is 12.5 Å². The van der Waals surface area contributed by atoms with Crippen LogP contribution in [0.3, 0.4) is 0 Å². The van der Waals surface area contributed by atoms with Gasteiger partial charge in [0.05, 0.1) is 6.61 Å². The molecule has 1 aromatic rings. The average Bonchev–Trinajstić information content (AvgIpc) is 2.69. The van der Waals surface area contributed by atoms with Crippen LogP contribution < -0.4 is 5.32 Å². The third-order valence-corrected chi connectivity index (χ3v) is 2.35. The van der Waals surface area contributed by atoms with Gasteiger partial charge in [-0.2, -0.15) is 5.10 Å². The first-order chi connectivity index (χ1) is 7.75. The fraction of sp³-hybridized carbons (Fsp3) is 0.600. The lowest BCUT2D eigenvalue weighted by Crippen LogP contribution is -2.27. The zero-order valence-corrected chi connectivity index (χ0v) is 10.9. The normalized spacial score (nSPS) is 10.4. The Labute approximate surface area is 103 Å². The first-order valence-corrected chi connectivity index (χ1v) is 6.27. The van der Waals surface area contributed by atoms with Crippen LogP contribution in [-0.4, -0.2) is 40.8 Å². The van der Waals surface area contributed by atoms with E-state index in [2.05, 4.69) is 26.3 Å². The molecule has 16 heavy (non-hydrogen) atoms. The number of nitrogens with zero attached hydrogens (tertiary/aromatic N) is 2. The summed E-state index contributed by atoms with van der Waals surface area (Å²) in [5.74, 6) is -0.0968. The Balaban J connectivity index is 2.14. The molecule has 1 N–H and O–H groups in total. The Hall–Kier alpha value is -0.880. The molecule has 6 heteroatoms. The molecular formula is C10H16BrN3O2. The molecule has 0 atom stereocenters. The summed E-state index contributed by atoms with van der Waals surface area (Å²) in [5.41, 5.74) is 0.571. The average molecular weight is 290 g/mol. The summed E-state index contributed by atoms with van der Waals surface area (Å²) in [7, 11) is 1.74. The molecule has 0 aliphatic heterocycles. The number of alkyl halides is 1. The van der Waals surface area contributed by atoms with Crippen LogP contribution in [0.15, 0.2) is 12.3 Å². The predicted octanol–water partition coefficient (Wildman–Crippen LogP) is 0.952. The highest BCUT2D eigenvalue weighted by Gasteiger charge is 2.07. The second-order valence-corrected chi connectivity index (χ2v) is 4.04. The van der Waals surface area contributed by atoms with Crippen LogP contribution in [-0.2, 0) is 11.8 Å². The number of ether oxygens (including phenoxy) is 1. The van der Waals surface area contributed by atoms with E-state index in [0.717, 1.165) is 11.8 Å². The molecule has 0 aromatic carbocycles. The SMILES string of the molecule is Cn1nccc1C(=O)NCCCOCCBr. The van der Waals surface area contributed by atoms with Crippen molar-refractivity contribution in [3.05, 3.63) is 18.0 Å². The molecule has 0 radical (unpaired) electrons. The highest BCUT2D eigenvalue weighted by atomic mass is 79.9. The van der Waals surface area contributed by atoms with Crippen molar-refractivity contribution in [3.63, 3.8) is 0 Å². The second kappa shape index (κ2) is 7.40. The molecule has 0 bridgehead atoms. The molecule has 0 aliphatic carbocycles. The largest absolute Gasteiger partial charge is 0.381 e.